The van der Waals surface area contributed by atoms with Crippen molar-refractivity contribution in [1.29, 1.82) is 0 Å². The third-order valence-corrected chi connectivity index (χ3v) is 4.26. The van der Waals surface area contributed by atoms with Gasteiger partial charge in [0.1, 0.15) is 12.1 Å². The fraction of sp³-hybridized carbons (Fsp3) is 0.467. The number of aliphatic hydroxyl groups excluding tert-OH is 1. The molecule has 2 heterocycles. The van der Waals surface area contributed by atoms with Crippen molar-refractivity contribution in [3.63, 3.8) is 0 Å². The van der Waals surface area contributed by atoms with E-state index in [4.69, 9.17) is 5.11 Å². The Bertz CT molecular complexity index is 640. The first kappa shape index (κ1) is 15.8. The van der Waals surface area contributed by atoms with Crippen molar-refractivity contribution in [2.45, 2.75) is 31.1 Å². The minimum atomic E-state index is -0.909. The average molecular weight is 325 g/mol. The fourth-order valence-corrected chi connectivity index (χ4v) is 3.04. The van der Waals surface area contributed by atoms with E-state index in [-0.39, 0.29) is 17.9 Å². The van der Waals surface area contributed by atoms with Crippen LogP contribution in [-0.4, -0.2) is 53.1 Å². The monoisotopic (exact) mass is 325 g/mol. The summed E-state index contributed by atoms with van der Waals surface area (Å²) in [6.45, 7) is 0.222. The predicted molar refractivity (Wildman–Crippen MR) is 76.1 cm³/mol. The topological polar surface area (TPSA) is 81.7 Å². The second-order valence-electron chi connectivity index (χ2n) is 5.81. The zero-order valence-electron chi connectivity index (χ0n) is 12.3. The molecule has 1 aromatic carbocycles. The van der Waals surface area contributed by atoms with Gasteiger partial charge < -0.3 is 20.6 Å². The van der Waals surface area contributed by atoms with Crippen LogP contribution in [0.5, 0.6) is 0 Å². The van der Waals surface area contributed by atoms with E-state index in [1.165, 1.54) is 11.0 Å². The van der Waals surface area contributed by atoms with E-state index < -0.39 is 30.3 Å². The maximum absolute atomic E-state index is 13.2. The third-order valence-electron chi connectivity index (χ3n) is 4.26. The van der Waals surface area contributed by atoms with Crippen LogP contribution in [0.4, 0.5) is 8.78 Å². The first-order chi connectivity index (χ1) is 11.0. The summed E-state index contributed by atoms with van der Waals surface area (Å²) in [7, 11) is 0. The molecule has 0 aromatic heterocycles. The Morgan fingerprint density at radius 1 is 1.30 bits per heavy atom. The highest BCUT2D eigenvalue weighted by atomic mass is 19.2. The van der Waals surface area contributed by atoms with Crippen LogP contribution in [0.2, 0.25) is 0 Å². The Labute approximate surface area is 131 Å². The van der Waals surface area contributed by atoms with E-state index in [9.17, 15) is 18.4 Å². The van der Waals surface area contributed by atoms with Crippen LogP contribution < -0.4 is 10.6 Å². The number of amides is 2. The molecule has 0 aliphatic carbocycles. The van der Waals surface area contributed by atoms with Gasteiger partial charge in [0.05, 0.1) is 6.61 Å². The van der Waals surface area contributed by atoms with Gasteiger partial charge in [0.25, 0.3) is 0 Å². The molecule has 0 unspecified atom stereocenters. The van der Waals surface area contributed by atoms with Crippen LogP contribution in [0.1, 0.15) is 12.0 Å². The summed E-state index contributed by atoms with van der Waals surface area (Å²) in [6.07, 6.45) is 0.444. The number of hydrogen-bond acceptors (Lipinski definition) is 4. The van der Waals surface area contributed by atoms with E-state index in [0.717, 1.165) is 12.1 Å². The molecule has 3 rings (SSSR count). The summed E-state index contributed by atoms with van der Waals surface area (Å²) in [6, 6.07) is 2.10. The molecule has 2 saturated heterocycles. The second-order valence-corrected chi connectivity index (χ2v) is 5.81. The van der Waals surface area contributed by atoms with Gasteiger partial charge in [-0.25, -0.2) is 8.78 Å². The molecule has 8 heteroatoms. The lowest BCUT2D eigenvalue weighted by molar-refractivity contribution is -0.148. The third kappa shape index (κ3) is 3.04. The highest BCUT2D eigenvalue weighted by molar-refractivity contribution is 5.97. The summed E-state index contributed by atoms with van der Waals surface area (Å²) in [5, 5.41) is 14.8. The Morgan fingerprint density at radius 2 is 2.09 bits per heavy atom. The summed E-state index contributed by atoms with van der Waals surface area (Å²) < 4.78 is 26.1. The Balaban J connectivity index is 1.62. The summed E-state index contributed by atoms with van der Waals surface area (Å²) >= 11 is 0. The largest absolute Gasteiger partial charge is 0.394 e. The van der Waals surface area contributed by atoms with Crippen molar-refractivity contribution in [3.8, 4) is 0 Å². The predicted octanol–water partition coefficient (Wildman–Crippen LogP) is -0.485. The van der Waals surface area contributed by atoms with Crippen LogP contribution in [0.25, 0.3) is 0 Å². The molecule has 124 valence electrons. The maximum atomic E-state index is 13.2. The number of aliphatic hydroxyl groups is 1. The molecular formula is C15H17F2N3O3. The molecule has 0 bridgehead atoms. The van der Waals surface area contributed by atoms with Crippen LogP contribution in [0.3, 0.4) is 0 Å². The van der Waals surface area contributed by atoms with E-state index in [1.807, 2.05) is 0 Å². The molecule has 23 heavy (non-hydrogen) atoms. The summed E-state index contributed by atoms with van der Waals surface area (Å²) in [4.78, 5) is 25.5. The Morgan fingerprint density at radius 3 is 2.78 bits per heavy atom. The van der Waals surface area contributed by atoms with Gasteiger partial charge in [0.2, 0.25) is 11.8 Å². The molecule has 3 N–H and O–H groups in total. The number of nitrogens with one attached hydrogen (secondary N) is 2. The molecule has 0 radical (unpaired) electrons. The Hall–Kier alpha value is -2.06. The molecule has 2 amide bonds. The van der Waals surface area contributed by atoms with E-state index in [2.05, 4.69) is 10.6 Å². The van der Waals surface area contributed by atoms with Gasteiger partial charge in [-0.15, -0.1) is 0 Å². The van der Waals surface area contributed by atoms with Crippen LogP contribution >= 0.6 is 0 Å². The molecule has 0 spiro atoms. The molecule has 0 saturated carbocycles. The van der Waals surface area contributed by atoms with Crippen molar-refractivity contribution in [2.75, 3.05) is 13.2 Å². The van der Waals surface area contributed by atoms with Gasteiger partial charge in [-0.2, -0.15) is 0 Å². The normalized spacial score (nSPS) is 27.1. The lowest BCUT2D eigenvalue weighted by Gasteiger charge is -2.33. The minimum absolute atomic E-state index is 0.125. The number of rotatable bonds is 4. The summed E-state index contributed by atoms with van der Waals surface area (Å²) in [5.74, 6) is -2.38. The number of hydrogen-bond donors (Lipinski definition) is 3. The number of nitrogens with zero attached hydrogens (tertiary/aromatic N) is 1. The second kappa shape index (κ2) is 6.21. The van der Waals surface area contributed by atoms with Gasteiger partial charge in [0.15, 0.2) is 11.6 Å². The summed E-state index contributed by atoms with van der Waals surface area (Å²) in [5.41, 5.74) is 0.581. The molecule has 3 atom stereocenters. The Kier molecular flexibility index (Phi) is 4.27. The minimum Gasteiger partial charge on any atom is -0.394 e. The molecule has 6 nitrogen and oxygen atoms in total. The van der Waals surface area contributed by atoms with E-state index >= 15 is 0 Å². The van der Waals surface area contributed by atoms with Gasteiger partial charge in [-0.1, -0.05) is 6.07 Å². The van der Waals surface area contributed by atoms with Crippen molar-refractivity contribution < 1.29 is 23.5 Å². The van der Waals surface area contributed by atoms with E-state index in [0.29, 0.717) is 25.1 Å². The standard InChI is InChI=1S/C15H17F2N3O3/c16-10-2-1-8(3-11(10)17)5-18-9-4-13-14(22)19-12(7-21)15(23)20(13)6-9/h1-3,9,12-13,18,21H,4-7H2,(H,19,22)/t9-,12-,13-/m0/s1. The van der Waals surface area contributed by atoms with Gasteiger partial charge in [-0.05, 0) is 24.1 Å². The number of carbonyl (C=O) groups excluding carboxylic acids is 2. The zero-order chi connectivity index (χ0) is 16.6. The highest BCUT2D eigenvalue weighted by Gasteiger charge is 2.45. The number of piperazine rings is 1. The van der Waals surface area contributed by atoms with Crippen LogP contribution in [0.15, 0.2) is 18.2 Å². The fourth-order valence-electron chi connectivity index (χ4n) is 3.04. The van der Waals surface area contributed by atoms with Gasteiger partial charge >= 0.3 is 0 Å². The van der Waals surface area contributed by atoms with Crippen molar-refractivity contribution in [1.82, 2.24) is 15.5 Å². The highest BCUT2D eigenvalue weighted by Crippen LogP contribution is 2.23. The van der Waals surface area contributed by atoms with Crippen molar-refractivity contribution >= 4 is 11.8 Å². The number of fused-ring (bicyclic) bond motifs is 1. The number of benzene rings is 1. The maximum Gasteiger partial charge on any atom is 0.248 e. The molecule has 1 aromatic rings. The van der Waals surface area contributed by atoms with Gasteiger partial charge in [0, 0.05) is 19.1 Å². The van der Waals surface area contributed by atoms with Crippen molar-refractivity contribution in [3.05, 3.63) is 35.4 Å². The average Bonchev–Trinajstić information content (AvgIpc) is 2.97. The van der Waals surface area contributed by atoms with Crippen LogP contribution in [-0.2, 0) is 16.1 Å². The lowest BCUT2D eigenvalue weighted by atomic mass is 10.1. The molecule has 2 aliphatic rings. The van der Waals surface area contributed by atoms with Crippen LogP contribution in [0, 0.1) is 11.6 Å². The first-order valence-corrected chi connectivity index (χ1v) is 7.38. The first-order valence-electron chi connectivity index (χ1n) is 7.38. The molecule has 2 aliphatic heterocycles. The van der Waals surface area contributed by atoms with Gasteiger partial charge in [-0.3, -0.25) is 9.59 Å². The quantitative estimate of drug-likeness (QED) is 0.698. The lowest BCUT2D eigenvalue weighted by Crippen LogP contribution is -2.62. The molecular weight excluding hydrogens is 308 g/mol. The smallest absolute Gasteiger partial charge is 0.248 e. The number of halogens is 2. The number of carbonyl (C=O) groups is 2. The zero-order valence-corrected chi connectivity index (χ0v) is 12.3. The van der Waals surface area contributed by atoms with Crippen molar-refractivity contribution in [2.24, 2.45) is 0 Å². The van der Waals surface area contributed by atoms with E-state index in [1.54, 1.807) is 0 Å². The molecule has 2 fully saturated rings. The SMILES string of the molecule is O=C1N[C@@H](CO)C(=O)N2C[C@@H](NCc3ccc(F)c(F)c3)C[C@@H]12.